The highest BCUT2D eigenvalue weighted by molar-refractivity contribution is 5.95. The Labute approximate surface area is 112 Å². The fourth-order valence-electron chi connectivity index (χ4n) is 2.65. The lowest BCUT2D eigenvalue weighted by Crippen LogP contribution is -2.42. The number of aryl methyl sites for hydroxylation is 2. The van der Waals surface area contributed by atoms with Crippen LogP contribution in [0, 0.1) is 13.8 Å². The standard InChI is InChI=1S/C14H18N2O3/c1-9-7-10(2)15-13(12(9)14(18)19)16-6-4-3-5-11(16)8-17/h7-8,11H,3-6H2,1-2H3,(H,18,19). The molecule has 1 N–H and O–H groups in total. The first-order chi connectivity index (χ1) is 9.04. The summed E-state index contributed by atoms with van der Waals surface area (Å²) in [5, 5.41) is 9.37. The first kappa shape index (κ1) is 13.5. The fourth-order valence-corrected chi connectivity index (χ4v) is 2.65. The van der Waals surface area contributed by atoms with E-state index < -0.39 is 5.97 Å². The molecule has 2 heterocycles. The quantitative estimate of drug-likeness (QED) is 0.843. The maximum atomic E-state index is 11.4. The van der Waals surface area contributed by atoms with Crippen molar-refractivity contribution >= 4 is 18.1 Å². The Hall–Kier alpha value is -1.91. The van der Waals surface area contributed by atoms with Gasteiger partial charge in [-0.05, 0) is 44.7 Å². The Balaban J connectivity index is 2.53. The highest BCUT2D eigenvalue weighted by Crippen LogP contribution is 2.28. The van der Waals surface area contributed by atoms with Gasteiger partial charge >= 0.3 is 5.97 Å². The second kappa shape index (κ2) is 5.38. The zero-order chi connectivity index (χ0) is 14.0. The maximum Gasteiger partial charge on any atom is 0.339 e. The predicted octanol–water partition coefficient (Wildman–Crippen LogP) is 1.95. The molecule has 1 unspecified atom stereocenters. The van der Waals surface area contributed by atoms with Crippen LogP contribution in [0.15, 0.2) is 6.07 Å². The van der Waals surface area contributed by atoms with Crippen LogP contribution >= 0.6 is 0 Å². The van der Waals surface area contributed by atoms with Gasteiger partial charge < -0.3 is 14.8 Å². The van der Waals surface area contributed by atoms with Gasteiger partial charge in [0.05, 0.1) is 6.04 Å². The lowest BCUT2D eigenvalue weighted by Gasteiger charge is -2.34. The number of piperidine rings is 1. The van der Waals surface area contributed by atoms with Crippen LogP contribution in [0.1, 0.15) is 40.9 Å². The van der Waals surface area contributed by atoms with Gasteiger partial charge in [0.25, 0.3) is 0 Å². The normalized spacial score (nSPS) is 19.3. The molecule has 19 heavy (non-hydrogen) atoms. The molecule has 0 spiro atoms. The molecule has 0 aliphatic carbocycles. The summed E-state index contributed by atoms with van der Waals surface area (Å²) in [5.74, 6) is -0.558. The molecule has 1 aliphatic rings. The summed E-state index contributed by atoms with van der Waals surface area (Å²) in [6, 6.07) is 1.49. The van der Waals surface area contributed by atoms with Crippen molar-refractivity contribution in [1.82, 2.24) is 4.98 Å². The van der Waals surface area contributed by atoms with Crippen LogP contribution in [0.4, 0.5) is 5.82 Å². The number of carbonyl (C=O) groups excluding carboxylic acids is 1. The minimum atomic E-state index is -0.991. The molecule has 0 bridgehead atoms. The van der Waals surface area contributed by atoms with Crippen LogP contribution in [0.25, 0.3) is 0 Å². The third kappa shape index (κ3) is 2.59. The van der Waals surface area contributed by atoms with Gasteiger partial charge in [-0.2, -0.15) is 0 Å². The van der Waals surface area contributed by atoms with Crippen molar-refractivity contribution in [2.24, 2.45) is 0 Å². The summed E-state index contributed by atoms with van der Waals surface area (Å²) >= 11 is 0. The Morgan fingerprint density at radius 1 is 1.47 bits per heavy atom. The van der Waals surface area contributed by atoms with Crippen LogP contribution in [0.2, 0.25) is 0 Å². The van der Waals surface area contributed by atoms with Gasteiger partial charge in [0.2, 0.25) is 0 Å². The van der Waals surface area contributed by atoms with Gasteiger partial charge in [0.1, 0.15) is 17.7 Å². The number of rotatable bonds is 3. The number of carboxylic acid groups (broad SMARTS) is 1. The number of nitrogens with zero attached hydrogens (tertiary/aromatic N) is 2. The Bertz CT molecular complexity index is 514. The maximum absolute atomic E-state index is 11.4. The lowest BCUT2D eigenvalue weighted by molar-refractivity contribution is -0.109. The number of hydrogen-bond acceptors (Lipinski definition) is 4. The molecule has 102 valence electrons. The average molecular weight is 262 g/mol. The summed E-state index contributed by atoms with van der Waals surface area (Å²) in [6.07, 6.45) is 3.60. The van der Waals surface area contributed by atoms with Gasteiger partial charge in [-0.1, -0.05) is 0 Å². The van der Waals surface area contributed by atoms with Crippen LogP contribution in [-0.4, -0.2) is 34.9 Å². The minimum absolute atomic E-state index is 0.208. The summed E-state index contributed by atoms with van der Waals surface area (Å²) in [4.78, 5) is 28.8. The van der Waals surface area contributed by atoms with E-state index in [1.807, 2.05) is 11.8 Å². The van der Waals surface area contributed by atoms with Gasteiger partial charge in [-0.25, -0.2) is 9.78 Å². The van der Waals surface area contributed by atoms with E-state index in [0.717, 1.165) is 31.2 Å². The summed E-state index contributed by atoms with van der Waals surface area (Å²) in [5.41, 5.74) is 1.66. The number of aromatic carboxylic acids is 1. The summed E-state index contributed by atoms with van der Waals surface area (Å²) in [6.45, 7) is 4.28. The van der Waals surface area contributed by atoms with Gasteiger partial charge in [0, 0.05) is 12.2 Å². The Kier molecular flexibility index (Phi) is 3.83. The summed E-state index contributed by atoms with van der Waals surface area (Å²) in [7, 11) is 0. The number of aldehydes is 1. The van der Waals surface area contributed by atoms with E-state index in [0.29, 0.717) is 17.9 Å². The summed E-state index contributed by atoms with van der Waals surface area (Å²) < 4.78 is 0. The first-order valence-electron chi connectivity index (χ1n) is 6.48. The molecule has 2 rings (SSSR count). The Morgan fingerprint density at radius 3 is 2.84 bits per heavy atom. The van der Waals surface area contributed by atoms with Crippen molar-refractivity contribution in [3.8, 4) is 0 Å². The number of carboxylic acids is 1. The monoisotopic (exact) mass is 262 g/mol. The van der Waals surface area contributed by atoms with E-state index in [1.165, 1.54) is 0 Å². The van der Waals surface area contributed by atoms with E-state index in [4.69, 9.17) is 0 Å². The van der Waals surface area contributed by atoms with E-state index in [-0.39, 0.29) is 11.6 Å². The van der Waals surface area contributed by atoms with Gasteiger partial charge in [0.15, 0.2) is 0 Å². The molecule has 1 saturated heterocycles. The largest absolute Gasteiger partial charge is 0.478 e. The van der Waals surface area contributed by atoms with Crippen LogP contribution in [0.3, 0.4) is 0 Å². The molecule has 1 aromatic heterocycles. The SMILES string of the molecule is Cc1cc(C)c(C(=O)O)c(N2CCCCC2C=O)n1. The molecule has 0 saturated carbocycles. The highest BCUT2D eigenvalue weighted by atomic mass is 16.4. The molecule has 1 aromatic rings. The zero-order valence-electron chi connectivity index (χ0n) is 11.2. The fraction of sp³-hybridized carbons (Fsp3) is 0.500. The second-order valence-electron chi connectivity index (χ2n) is 4.98. The minimum Gasteiger partial charge on any atom is -0.478 e. The smallest absolute Gasteiger partial charge is 0.339 e. The molecule has 0 radical (unpaired) electrons. The topological polar surface area (TPSA) is 70.5 Å². The third-order valence-electron chi connectivity index (χ3n) is 3.52. The van der Waals surface area contributed by atoms with Crippen LogP contribution < -0.4 is 4.90 Å². The molecule has 1 aliphatic heterocycles. The van der Waals surface area contributed by atoms with Crippen molar-refractivity contribution in [2.75, 3.05) is 11.4 Å². The average Bonchev–Trinajstić information content (AvgIpc) is 2.37. The number of carbonyl (C=O) groups is 2. The predicted molar refractivity (Wildman–Crippen MR) is 71.7 cm³/mol. The van der Waals surface area contributed by atoms with Crippen molar-refractivity contribution in [1.29, 1.82) is 0 Å². The number of pyridine rings is 1. The molecular formula is C14H18N2O3. The van der Waals surface area contributed by atoms with Crippen LogP contribution in [-0.2, 0) is 4.79 Å². The second-order valence-corrected chi connectivity index (χ2v) is 4.98. The van der Waals surface area contributed by atoms with E-state index >= 15 is 0 Å². The molecular weight excluding hydrogens is 244 g/mol. The number of anilines is 1. The van der Waals surface area contributed by atoms with E-state index in [2.05, 4.69) is 4.98 Å². The number of aromatic nitrogens is 1. The molecule has 0 amide bonds. The van der Waals surface area contributed by atoms with Gasteiger partial charge in [-0.3, -0.25) is 0 Å². The Morgan fingerprint density at radius 2 is 2.21 bits per heavy atom. The molecule has 1 fully saturated rings. The van der Waals surface area contributed by atoms with Crippen molar-refractivity contribution < 1.29 is 14.7 Å². The lowest BCUT2D eigenvalue weighted by atomic mass is 10.0. The molecule has 5 nitrogen and oxygen atoms in total. The number of hydrogen-bond donors (Lipinski definition) is 1. The van der Waals surface area contributed by atoms with E-state index in [9.17, 15) is 14.7 Å². The molecule has 5 heteroatoms. The highest BCUT2D eigenvalue weighted by Gasteiger charge is 2.28. The third-order valence-corrected chi connectivity index (χ3v) is 3.52. The van der Waals surface area contributed by atoms with Crippen molar-refractivity contribution in [2.45, 2.75) is 39.2 Å². The van der Waals surface area contributed by atoms with Gasteiger partial charge in [-0.15, -0.1) is 0 Å². The molecule has 0 aromatic carbocycles. The van der Waals surface area contributed by atoms with Crippen LogP contribution in [0.5, 0.6) is 0 Å². The molecule has 1 atom stereocenters. The van der Waals surface area contributed by atoms with Crippen molar-refractivity contribution in [3.05, 3.63) is 22.9 Å². The zero-order valence-corrected chi connectivity index (χ0v) is 11.2. The first-order valence-corrected chi connectivity index (χ1v) is 6.48. The van der Waals surface area contributed by atoms with E-state index in [1.54, 1.807) is 13.0 Å². The van der Waals surface area contributed by atoms with Crippen molar-refractivity contribution in [3.63, 3.8) is 0 Å².